The van der Waals surface area contributed by atoms with Crippen molar-refractivity contribution in [1.29, 1.82) is 0 Å². The van der Waals surface area contributed by atoms with E-state index in [9.17, 15) is 4.79 Å². The highest BCUT2D eigenvalue weighted by Crippen LogP contribution is 2.21. The Hall–Kier alpha value is -2.24. The first-order chi connectivity index (χ1) is 7.56. The number of aromatic nitrogens is 1. The summed E-state index contributed by atoms with van der Waals surface area (Å²) in [6.45, 7) is 1.63. The number of oxazole rings is 1. The summed E-state index contributed by atoms with van der Waals surface area (Å²) in [6.07, 6.45) is 0. The van der Waals surface area contributed by atoms with Crippen LogP contribution in [0.4, 0.5) is 11.7 Å². The van der Waals surface area contributed by atoms with Gasteiger partial charge in [-0.05, 0) is 25.1 Å². The van der Waals surface area contributed by atoms with Crippen molar-refractivity contribution in [1.82, 2.24) is 4.98 Å². The molecule has 0 bridgehead atoms. The monoisotopic (exact) mass is 220 g/mol. The molecule has 1 atom stereocenters. The second kappa shape index (κ2) is 3.73. The van der Waals surface area contributed by atoms with Gasteiger partial charge in [-0.15, -0.1) is 0 Å². The molecule has 0 aliphatic carbocycles. The summed E-state index contributed by atoms with van der Waals surface area (Å²) in [7, 11) is 0. The number of hydrogen-bond donors (Lipinski definition) is 3. The Morgan fingerprint density at radius 3 is 3.00 bits per heavy atom. The highest BCUT2D eigenvalue weighted by atomic mass is 16.4. The number of nitrogens with one attached hydrogen (secondary N) is 1. The van der Waals surface area contributed by atoms with Crippen LogP contribution in [0.25, 0.3) is 11.1 Å². The molecule has 0 saturated carbocycles. The summed E-state index contributed by atoms with van der Waals surface area (Å²) in [5.74, 6) is -0.471. The molecule has 1 amide bonds. The minimum Gasteiger partial charge on any atom is -0.424 e. The summed E-state index contributed by atoms with van der Waals surface area (Å²) >= 11 is 0. The molecule has 2 aromatic rings. The highest BCUT2D eigenvalue weighted by molar-refractivity contribution is 5.83. The second-order valence-electron chi connectivity index (χ2n) is 3.51. The molecule has 16 heavy (non-hydrogen) atoms. The van der Waals surface area contributed by atoms with Gasteiger partial charge in [-0.3, -0.25) is 4.79 Å². The van der Waals surface area contributed by atoms with Crippen molar-refractivity contribution in [3.05, 3.63) is 18.2 Å². The lowest BCUT2D eigenvalue weighted by Crippen LogP contribution is -2.32. The molecule has 0 spiro atoms. The third-order valence-electron chi connectivity index (χ3n) is 2.18. The van der Waals surface area contributed by atoms with Crippen LogP contribution in [-0.2, 0) is 4.79 Å². The fourth-order valence-corrected chi connectivity index (χ4v) is 1.26. The summed E-state index contributed by atoms with van der Waals surface area (Å²) in [4.78, 5) is 15.0. The van der Waals surface area contributed by atoms with Gasteiger partial charge in [0.1, 0.15) is 11.6 Å². The van der Waals surface area contributed by atoms with Crippen LogP contribution in [-0.4, -0.2) is 16.9 Å². The summed E-state index contributed by atoms with van der Waals surface area (Å²) in [5, 5.41) is 2.76. The molecule has 1 unspecified atom stereocenters. The zero-order chi connectivity index (χ0) is 11.7. The second-order valence-corrected chi connectivity index (χ2v) is 3.51. The number of nitrogen functional groups attached to an aromatic ring is 1. The number of nitrogens with zero attached hydrogens (tertiary/aromatic N) is 1. The molecule has 0 fully saturated rings. The number of amides is 1. The molecule has 1 aromatic heterocycles. The van der Waals surface area contributed by atoms with E-state index < -0.39 is 11.9 Å². The standard InChI is InChI=1S/C10H12N4O2/c1-5(9(12)15)13-10-14-7-4-6(11)2-3-8(7)16-10/h2-5H,11H2,1H3,(H2,12,15)(H,13,14). The third-order valence-corrected chi connectivity index (χ3v) is 2.18. The number of fused-ring (bicyclic) bond motifs is 1. The van der Waals surface area contributed by atoms with Gasteiger partial charge in [0.25, 0.3) is 6.01 Å². The molecule has 6 nitrogen and oxygen atoms in total. The van der Waals surface area contributed by atoms with Crippen LogP contribution in [0.1, 0.15) is 6.92 Å². The van der Waals surface area contributed by atoms with Crippen LogP contribution in [0, 0.1) is 0 Å². The summed E-state index contributed by atoms with van der Waals surface area (Å²) < 4.78 is 5.36. The fraction of sp³-hybridized carbons (Fsp3) is 0.200. The van der Waals surface area contributed by atoms with Crippen molar-refractivity contribution in [2.75, 3.05) is 11.1 Å². The van der Waals surface area contributed by atoms with Gasteiger partial charge < -0.3 is 21.2 Å². The minimum absolute atomic E-state index is 0.256. The molecular weight excluding hydrogens is 208 g/mol. The van der Waals surface area contributed by atoms with Crippen molar-refractivity contribution >= 4 is 28.7 Å². The van der Waals surface area contributed by atoms with E-state index >= 15 is 0 Å². The maximum absolute atomic E-state index is 10.8. The average Bonchev–Trinajstić information content (AvgIpc) is 2.58. The Morgan fingerprint density at radius 1 is 1.56 bits per heavy atom. The molecular formula is C10H12N4O2. The van der Waals surface area contributed by atoms with Gasteiger partial charge in [0.05, 0.1) is 0 Å². The van der Waals surface area contributed by atoms with E-state index in [4.69, 9.17) is 15.9 Å². The van der Waals surface area contributed by atoms with Gasteiger partial charge in [0, 0.05) is 5.69 Å². The van der Waals surface area contributed by atoms with Crippen LogP contribution in [0.15, 0.2) is 22.6 Å². The predicted octanol–water partition coefficient (Wildman–Crippen LogP) is 0.696. The largest absolute Gasteiger partial charge is 0.424 e. The summed E-state index contributed by atoms with van der Waals surface area (Å²) in [6, 6.07) is 4.85. The lowest BCUT2D eigenvalue weighted by molar-refractivity contribution is -0.118. The van der Waals surface area contributed by atoms with Crippen molar-refractivity contribution < 1.29 is 9.21 Å². The zero-order valence-corrected chi connectivity index (χ0v) is 8.73. The van der Waals surface area contributed by atoms with E-state index in [0.717, 1.165) is 0 Å². The first-order valence-corrected chi connectivity index (χ1v) is 4.78. The third kappa shape index (κ3) is 1.90. The quantitative estimate of drug-likeness (QED) is 0.660. The van der Waals surface area contributed by atoms with Crippen LogP contribution in [0.3, 0.4) is 0 Å². The topological polar surface area (TPSA) is 107 Å². The van der Waals surface area contributed by atoms with Crippen molar-refractivity contribution in [3.8, 4) is 0 Å². The fourth-order valence-electron chi connectivity index (χ4n) is 1.26. The molecule has 6 heteroatoms. The number of anilines is 2. The molecule has 0 aliphatic rings. The Kier molecular flexibility index (Phi) is 2.40. The molecule has 1 aromatic carbocycles. The molecule has 0 radical (unpaired) electrons. The first-order valence-electron chi connectivity index (χ1n) is 4.78. The van der Waals surface area contributed by atoms with E-state index in [-0.39, 0.29) is 6.01 Å². The van der Waals surface area contributed by atoms with Gasteiger partial charge in [0.2, 0.25) is 5.91 Å². The normalized spacial score (nSPS) is 12.6. The minimum atomic E-state index is -0.537. The molecule has 1 heterocycles. The van der Waals surface area contributed by atoms with Gasteiger partial charge in [0.15, 0.2) is 5.58 Å². The Labute approximate surface area is 91.6 Å². The molecule has 84 valence electrons. The van der Waals surface area contributed by atoms with E-state index in [2.05, 4.69) is 10.3 Å². The SMILES string of the molecule is CC(Nc1nc2cc(N)ccc2o1)C(N)=O. The first kappa shape index (κ1) is 10.3. The Morgan fingerprint density at radius 2 is 2.31 bits per heavy atom. The molecule has 5 N–H and O–H groups in total. The average molecular weight is 220 g/mol. The Bertz CT molecular complexity index is 535. The van der Waals surface area contributed by atoms with Crippen molar-refractivity contribution in [3.63, 3.8) is 0 Å². The number of hydrogen-bond acceptors (Lipinski definition) is 5. The zero-order valence-electron chi connectivity index (χ0n) is 8.73. The number of carbonyl (C=O) groups excluding carboxylic acids is 1. The van der Waals surface area contributed by atoms with E-state index in [1.54, 1.807) is 25.1 Å². The number of rotatable bonds is 3. The predicted molar refractivity (Wildman–Crippen MR) is 60.7 cm³/mol. The number of primary amides is 1. The van der Waals surface area contributed by atoms with Gasteiger partial charge >= 0.3 is 0 Å². The number of carbonyl (C=O) groups is 1. The lowest BCUT2D eigenvalue weighted by atomic mass is 10.3. The van der Waals surface area contributed by atoms with E-state index in [1.807, 2.05) is 0 Å². The summed E-state index contributed by atoms with van der Waals surface area (Å²) in [5.41, 5.74) is 12.6. The maximum Gasteiger partial charge on any atom is 0.296 e. The van der Waals surface area contributed by atoms with Gasteiger partial charge in [-0.25, -0.2) is 0 Å². The molecule has 0 aliphatic heterocycles. The molecule has 0 saturated heterocycles. The van der Waals surface area contributed by atoms with Crippen molar-refractivity contribution in [2.24, 2.45) is 5.73 Å². The van der Waals surface area contributed by atoms with Crippen LogP contribution < -0.4 is 16.8 Å². The van der Waals surface area contributed by atoms with Crippen molar-refractivity contribution in [2.45, 2.75) is 13.0 Å². The number of benzene rings is 1. The maximum atomic E-state index is 10.8. The van der Waals surface area contributed by atoms with Crippen LogP contribution in [0.5, 0.6) is 0 Å². The highest BCUT2D eigenvalue weighted by Gasteiger charge is 2.12. The van der Waals surface area contributed by atoms with Crippen LogP contribution >= 0.6 is 0 Å². The van der Waals surface area contributed by atoms with E-state index in [0.29, 0.717) is 16.8 Å². The Balaban J connectivity index is 2.29. The van der Waals surface area contributed by atoms with E-state index in [1.165, 1.54) is 0 Å². The lowest BCUT2D eigenvalue weighted by Gasteiger charge is -2.05. The van der Waals surface area contributed by atoms with Crippen LogP contribution in [0.2, 0.25) is 0 Å². The smallest absolute Gasteiger partial charge is 0.296 e. The van der Waals surface area contributed by atoms with Gasteiger partial charge in [-0.1, -0.05) is 0 Å². The molecule has 2 rings (SSSR count). The number of nitrogens with two attached hydrogens (primary N) is 2. The van der Waals surface area contributed by atoms with Gasteiger partial charge in [-0.2, -0.15) is 4.98 Å².